The van der Waals surface area contributed by atoms with Crippen molar-refractivity contribution in [2.45, 2.75) is 19.8 Å². The van der Waals surface area contributed by atoms with Gasteiger partial charge in [-0.25, -0.2) is 18.1 Å². The first kappa shape index (κ1) is 17.2. The van der Waals surface area contributed by atoms with E-state index in [4.69, 9.17) is 0 Å². The highest BCUT2D eigenvalue weighted by Gasteiger charge is 2.21. The quantitative estimate of drug-likeness (QED) is 0.699. The first-order chi connectivity index (χ1) is 10.4. The van der Waals surface area contributed by atoms with E-state index in [1.807, 2.05) is 25.1 Å². The minimum absolute atomic E-state index is 0.519. The van der Waals surface area contributed by atoms with Gasteiger partial charge in [-0.05, 0) is 50.9 Å². The Kier molecular flexibility index (Phi) is 6.16. The molecule has 0 unspecified atom stereocenters. The van der Waals surface area contributed by atoms with Crippen LogP contribution in [0.3, 0.4) is 0 Å². The average Bonchev–Trinajstić information content (AvgIpc) is 2.88. The van der Waals surface area contributed by atoms with Crippen molar-refractivity contribution in [2.75, 3.05) is 44.3 Å². The molecule has 1 saturated heterocycles. The van der Waals surface area contributed by atoms with Crippen LogP contribution in [-0.4, -0.2) is 57.3 Å². The molecule has 1 aliphatic rings. The maximum Gasteiger partial charge on any atom is 0.208 e. The van der Waals surface area contributed by atoms with E-state index >= 15 is 0 Å². The van der Waals surface area contributed by atoms with Gasteiger partial charge in [0.15, 0.2) is 0 Å². The lowest BCUT2D eigenvalue weighted by molar-refractivity contribution is 0.322. The van der Waals surface area contributed by atoms with Gasteiger partial charge in [-0.15, -0.1) is 0 Å². The van der Waals surface area contributed by atoms with E-state index in [-0.39, 0.29) is 0 Å². The molecule has 0 radical (unpaired) electrons. The second kappa shape index (κ2) is 7.89. The lowest BCUT2D eigenvalue weighted by Gasteiger charge is -2.16. The maximum absolute atomic E-state index is 11.0. The molecule has 0 saturated carbocycles. The van der Waals surface area contributed by atoms with E-state index in [0.717, 1.165) is 44.1 Å². The van der Waals surface area contributed by atoms with Crippen molar-refractivity contribution >= 4 is 15.8 Å². The number of nitrogens with zero attached hydrogens (tertiary/aromatic N) is 2. The second-order valence-electron chi connectivity index (χ2n) is 6.02. The number of sulfonamides is 1. The minimum atomic E-state index is -3.06. The van der Waals surface area contributed by atoms with Crippen LogP contribution in [0, 0.1) is 12.8 Å². The van der Waals surface area contributed by atoms with E-state index in [1.165, 1.54) is 12.7 Å². The van der Waals surface area contributed by atoms with E-state index in [2.05, 4.69) is 19.9 Å². The highest BCUT2D eigenvalue weighted by Crippen LogP contribution is 2.17. The summed E-state index contributed by atoms with van der Waals surface area (Å²) in [5.74, 6) is 1.57. The fraction of sp³-hybridized carbons (Fsp3) is 0.667. The largest absolute Gasteiger partial charge is 0.370 e. The van der Waals surface area contributed by atoms with Crippen molar-refractivity contribution in [1.82, 2.24) is 14.6 Å². The Bertz CT molecular complexity index is 577. The smallest absolute Gasteiger partial charge is 0.208 e. The van der Waals surface area contributed by atoms with Crippen LogP contribution in [0.4, 0.5) is 5.82 Å². The van der Waals surface area contributed by atoms with Gasteiger partial charge in [-0.1, -0.05) is 6.07 Å². The summed E-state index contributed by atoms with van der Waals surface area (Å²) in [6, 6.07) is 6.00. The summed E-state index contributed by atoms with van der Waals surface area (Å²) < 4.78 is 24.5. The molecule has 1 atom stereocenters. The molecule has 0 aliphatic carbocycles. The van der Waals surface area contributed by atoms with Crippen molar-refractivity contribution in [3.8, 4) is 0 Å². The molecule has 1 aromatic heterocycles. The Morgan fingerprint density at radius 1 is 1.41 bits per heavy atom. The zero-order valence-electron chi connectivity index (χ0n) is 13.4. The molecule has 0 aromatic carbocycles. The third-order valence-corrected chi connectivity index (χ3v) is 4.57. The van der Waals surface area contributed by atoms with Gasteiger partial charge in [0.2, 0.25) is 10.0 Å². The number of aromatic nitrogens is 1. The molecular weight excluding hydrogens is 300 g/mol. The van der Waals surface area contributed by atoms with Crippen molar-refractivity contribution < 1.29 is 8.42 Å². The molecule has 2 rings (SSSR count). The number of pyridine rings is 1. The van der Waals surface area contributed by atoms with E-state index in [9.17, 15) is 8.42 Å². The van der Waals surface area contributed by atoms with Gasteiger partial charge < -0.3 is 10.2 Å². The minimum Gasteiger partial charge on any atom is -0.370 e. The first-order valence-electron chi connectivity index (χ1n) is 7.77. The number of aryl methyl sites for hydroxylation is 1. The summed E-state index contributed by atoms with van der Waals surface area (Å²) in [4.78, 5) is 6.85. The molecule has 2 N–H and O–H groups in total. The van der Waals surface area contributed by atoms with Gasteiger partial charge in [-0.3, -0.25) is 0 Å². The van der Waals surface area contributed by atoms with Crippen LogP contribution in [0.25, 0.3) is 0 Å². The lowest BCUT2D eigenvalue weighted by atomic mass is 10.1. The fourth-order valence-electron chi connectivity index (χ4n) is 2.73. The summed E-state index contributed by atoms with van der Waals surface area (Å²) in [5, 5.41) is 3.41. The zero-order valence-corrected chi connectivity index (χ0v) is 14.2. The van der Waals surface area contributed by atoms with Gasteiger partial charge in [0.25, 0.3) is 0 Å². The van der Waals surface area contributed by atoms with Crippen LogP contribution >= 0.6 is 0 Å². The summed E-state index contributed by atoms with van der Waals surface area (Å²) in [5.41, 5.74) is 1.02. The SMILES string of the molecule is Cc1cccc(NC[C@H]2CCN(CCCNS(C)(=O)=O)C2)n1. The Hall–Kier alpha value is -1.18. The molecule has 0 spiro atoms. The van der Waals surface area contributed by atoms with Crippen LogP contribution in [0.2, 0.25) is 0 Å². The molecule has 1 fully saturated rings. The van der Waals surface area contributed by atoms with E-state index in [1.54, 1.807) is 0 Å². The predicted octanol–water partition coefficient (Wildman–Crippen LogP) is 1.06. The number of nitrogens with one attached hydrogen (secondary N) is 2. The number of hydrogen-bond donors (Lipinski definition) is 2. The van der Waals surface area contributed by atoms with Crippen molar-refractivity contribution in [2.24, 2.45) is 5.92 Å². The normalized spacial score (nSPS) is 19.5. The Labute approximate surface area is 133 Å². The molecular formula is C15H26N4O2S. The number of hydrogen-bond acceptors (Lipinski definition) is 5. The Morgan fingerprint density at radius 3 is 2.95 bits per heavy atom. The molecule has 1 aliphatic heterocycles. The zero-order chi connectivity index (χ0) is 16.0. The summed E-state index contributed by atoms with van der Waals surface area (Å²) in [6.45, 7) is 6.55. The number of rotatable bonds is 8. The van der Waals surface area contributed by atoms with Gasteiger partial charge in [-0.2, -0.15) is 0 Å². The molecule has 22 heavy (non-hydrogen) atoms. The van der Waals surface area contributed by atoms with E-state index < -0.39 is 10.0 Å². The predicted molar refractivity (Wildman–Crippen MR) is 89.5 cm³/mol. The van der Waals surface area contributed by atoms with Crippen LogP contribution < -0.4 is 10.0 Å². The standard InChI is InChI=1S/C15H26N4O2S/c1-13-5-3-6-15(18-13)16-11-14-7-10-19(12-14)9-4-8-17-22(2,20)21/h3,5-6,14,17H,4,7-12H2,1-2H3,(H,16,18)/t14-/m1/s1. The molecule has 0 bridgehead atoms. The second-order valence-corrected chi connectivity index (χ2v) is 7.85. The van der Waals surface area contributed by atoms with Gasteiger partial charge in [0, 0.05) is 25.3 Å². The van der Waals surface area contributed by atoms with Gasteiger partial charge in [0.1, 0.15) is 5.82 Å². The molecule has 7 heteroatoms. The molecule has 0 amide bonds. The topological polar surface area (TPSA) is 74.3 Å². The van der Waals surface area contributed by atoms with Crippen LogP contribution in [0.1, 0.15) is 18.5 Å². The third-order valence-electron chi connectivity index (χ3n) is 3.85. The third kappa shape index (κ3) is 6.29. The molecule has 6 nitrogen and oxygen atoms in total. The Balaban J connectivity index is 1.63. The maximum atomic E-state index is 11.0. The lowest BCUT2D eigenvalue weighted by Crippen LogP contribution is -2.29. The molecule has 124 valence electrons. The number of anilines is 1. The van der Waals surface area contributed by atoms with Crippen molar-refractivity contribution in [3.63, 3.8) is 0 Å². The van der Waals surface area contributed by atoms with Gasteiger partial charge in [0.05, 0.1) is 6.26 Å². The van der Waals surface area contributed by atoms with Crippen molar-refractivity contribution in [1.29, 1.82) is 0 Å². The summed E-state index contributed by atoms with van der Waals surface area (Å²) in [6.07, 6.45) is 3.23. The van der Waals surface area contributed by atoms with E-state index in [0.29, 0.717) is 12.5 Å². The van der Waals surface area contributed by atoms with Crippen LogP contribution in [0.15, 0.2) is 18.2 Å². The fourth-order valence-corrected chi connectivity index (χ4v) is 3.25. The molecule has 2 heterocycles. The highest BCUT2D eigenvalue weighted by atomic mass is 32.2. The summed E-state index contributed by atoms with van der Waals surface area (Å²) >= 11 is 0. The first-order valence-corrected chi connectivity index (χ1v) is 9.66. The van der Waals surface area contributed by atoms with Crippen molar-refractivity contribution in [3.05, 3.63) is 23.9 Å². The number of likely N-dealkylation sites (tertiary alicyclic amines) is 1. The summed E-state index contributed by atoms with van der Waals surface area (Å²) in [7, 11) is -3.06. The van der Waals surface area contributed by atoms with Gasteiger partial charge >= 0.3 is 0 Å². The average molecular weight is 326 g/mol. The van der Waals surface area contributed by atoms with Crippen LogP contribution in [0.5, 0.6) is 0 Å². The van der Waals surface area contributed by atoms with Crippen LogP contribution in [-0.2, 0) is 10.0 Å². The molecule has 1 aromatic rings. The highest BCUT2D eigenvalue weighted by molar-refractivity contribution is 7.88. The monoisotopic (exact) mass is 326 g/mol. The Morgan fingerprint density at radius 2 is 2.23 bits per heavy atom.